The number of hydrogen-bond donors (Lipinski definition) is 0. The molecule has 6 aromatic carbocycles. The molecule has 0 spiro atoms. The van der Waals surface area contributed by atoms with Crippen LogP contribution >= 0.6 is 14.5 Å². The molecule has 0 aromatic heterocycles. The van der Waals surface area contributed by atoms with Crippen molar-refractivity contribution < 1.29 is 41.2 Å². The molecule has 0 N–H and O–H groups in total. The molecule has 48 heavy (non-hydrogen) atoms. The largest absolute Gasteiger partial charge is 1.00 e. The summed E-state index contributed by atoms with van der Waals surface area (Å²) < 4.78 is 59.6. The van der Waals surface area contributed by atoms with Crippen LogP contribution in [0.1, 0.15) is 0 Å². The maximum atomic E-state index is 16.4. The molecule has 0 saturated carbocycles. The van der Waals surface area contributed by atoms with Crippen molar-refractivity contribution in [2.75, 3.05) is 0 Å². The third-order valence-electron chi connectivity index (χ3n) is 7.92. The second kappa shape index (κ2) is 14.4. The third kappa shape index (κ3) is 8.71. The second-order valence-electron chi connectivity index (χ2n) is 11.0. The molecule has 11 heteroatoms. The third-order valence-corrected chi connectivity index (χ3v) is 18.7. The number of carbonyl (C=O) groups is 1. The molecule has 252 valence electrons. The molecular weight excluding hydrogens is 861 g/mol. The average Bonchev–Trinajstić information content (AvgIpc) is 3.07. The van der Waals surface area contributed by atoms with E-state index in [9.17, 15) is 16.9 Å². The Labute approximate surface area is 292 Å². The van der Waals surface area contributed by atoms with Crippen LogP contribution in [0.3, 0.4) is 0 Å². The fraction of sp³-hybridized carbons (Fsp3) is 0. The van der Waals surface area contributed by atoms with E-state index in [-0.39, 0.29) is 19.5 Å². The van der Waals surface area contributed by atoms with Crippen LogP contribution in [0.2, 0.25) is 0 Å². The van der Waals surface area contributed by atoms with E-state index in [0.29, 0.717) is 5.27 Å². The van der Waals surface area contributed by atoms with Gasteiger partial charge < -0.3 is 0 Å². The van der Waals surface area contributed by atoms with Crippen LogP contribution in [0.15, 0.2) is 182 Å². The van der Waals surface area contributed by atoms with E-state index in [1.165, 1.54) is 0 Å². The van der Waals surface area contributed by atoms with Gasteiger partial charge in [0.25, 0.3) is 0 Å². The predicted octanol–water partition coefficient (Wildman–Crippen LogP) is 8.70. The molecule has 0 fully saturated rings. The van der Waals surface area contributed by atoms with Crippen molar-refractivity contribution in [1.82, 2.24) is 0 Å². The van der Waals surface area contributed by atoms with E-state index in [4.69, 9.17) is 0 Å². The molecule has 0 aliphatic carbocycles. The fourth-order valence-corrected chi connectivity index (χ4v) is 18.8. The predicted molar refractivity (Wildman–Crippen MR) is 191 cm³/mol. The first-order chi connectivity index (χ1) is 22.2. The molecule has 0 heterocycles. The number of rotatable bonds is 8. The van der Waals surface area contributed by atoms with Gasteiger partial charge in [0, 0.05) is 0 Å². The van der Waals surface area contributed by atoms with E-state index in [1.54, 1.807) is 0 Å². The van der Waals surface area contributed by atoms with Crippen LogP contribution < -0.4 is 31.8 Å². The van der Waals surface area contributed by atoms with Crippen LogP contribution in [0.4, 0.5) is 21.7 Å². The summed E-state index contributed by atoms with van der Waals surface area (Å²) >= 11 is -11.2. The summed E-state index contributed by atoms with van der Waals surface area (Å²) in [4.78, 5) is 16.4. The molecule has 0 amide bonds. The van der Waals surface area contributed by atoms with Gasteiger partial charge in [0.2, 0.25) is 0 Å². The van der Waals surface area contributed by atoms with Gasteiger partial charge in [-0.05, 0) is 0 Å². The summed E-state index contributed by atoms with van der Waals surface area (Å²) in [7, 11) is -6.58. The number of carbonyl (C=O) groups excluding carboxylic acids is 1. The van der Waals surface area contributed by atoms with Crippen molar-refractivity contribution in [2.45, 2.75) is 0 Å². The normalized spacial score (nSPS) is 13.7. The summed E-state index contributed by atoms with van der Waals surface area (Å²) in [6, 6.07) is 63.2. The zero-order valence-electron chi connectivity index (χ0n) is 25.3. The van der Waals surface area contributed by atoms with Crippen LogP contribution in [0.5, 0.6) is 0 Å². The Kier molecular flexibility index (Phi) is 11.3. The maximum Gasteiger partial charge on any atom is 1.00 e. The minimum Gasteiger partial charge on any atom is 1.00 e. The van der Waals surface area contributed by atoms with Gasteiger partial charge in [-0.15, -0.1) is 0 Å². The number of benzene rings is 6. The molecule has 0 bridgehead atoms. The molecule has 0 aliphatic rings. The standard InChI is InChI=1S/C37H32OP2.6FH.Rh.Sb/c38-37(39(31-19-7-1-8-20-31,32-21-9-2-10-22-32)33-23-11-3-12-24-33)40(34-25-13-4-14-26-34,35-27-15-5-16-28-35)36-29-17-6-18-30-36;;;;;;;;/h1-30,39-40H;6*1H;;/q;;;;;;;+1;+5/p-6. The summed E-state index contributed by atoms with van der Waals surface area (Å²) in [5, 5.41) is 7.00. The van der Waals surface area contributed by atoms with Crippen LogP contribution in [-0.4, -0.2) is 24.7 Å². The minimum atomic E-state index is -11.2. The van der Waals surface area contributed by atoms with E-state index in [0.717, 1.165) is 31.8 Å². The van der Waals surface area contributed by atoms with Gasteiger partial charge >= 0.3 is 294 Å². The summed E-state index contributed by atoms with van der Waals surface area (Å²) in [6.07, 6.45) is 0. The molecular formula is C37H32F6OP2RhSb. The molecule has 0 aliphatic heterocycles. The quantitative estimate of drug-likeness (QED) is 0.0850. The first-order valence-corrected chi connectivity index (χ1v) is 24.5. The van der Waals surface area contributed by atoms with Crippen molar-refractivity contribution in [1.29, 1.82) is 0 Å². The van der Waals surface area contributed by atoms with Crippen molar-refractivity contribution >= 4 is 71.1 Å². The minimum absolute atomic E-state index is 0. The fourth-order valence-electron chi connectivity index (χ4n) is 6.20. The first kappa shape index (κ1) is 37.7. The van der Waals surface area contributed by atoms with E-state index >= 15 is 4.79 Å². The maximum absolute atomic E-state index is 16.4. The summed E-state index contributed by atoms with van der Waals surface area (Å²) in [6.45, 7) is 0. The second-order valence-corrected chi connectivity index (χ2v) is 24.3. The van der Waals surface area contributed by atoms with Crippen molar-refractivity contribution in [3.05, 3.63) is 182 Å². The molecule has 0 radical (unpaired) electrons. The van der Waals surface area contributed by atoms with Gasteiger partial charge in [-0.1, -0.05) is 0 Å². The summed E-state index contributed by atoms with van der Waals surface area (Å²) in [5.74, 6) is 0. The van der Waals surface area contributed by atoms with Crippen molar-refractivity contribution in [3.8, 4) is 0 Å². The van der Waals surface area contributed by atoms with Gasteiger partial charge in [-0.2, -0.15) is 0 Å². The van der Waals surface area contributed by atoms with Gasteiger partial charge in [-0.25, -0.2) is 0 Å². The average molecular weight is 893 g/mol. The number of hydrogen-bond acceptors (Lipinski definition) is 1. The van der Waals surface area contributed by atoms with Crippen LogP contribution in [0, 0.1) is 0 Å². The SMILES string of the molecule is O=C([PH](c1ccccc1)(c1ccccc1)c1ccccc1)[PH](c1ccccc1)(c1ccccc1)c1ccccc1.[F][Sb-]([F])([F])([F])([F])[F].[Rh+]. The van der Waals surface area contributed by atoms with Gasteiger partial charge in [-0.3, -0.25) is 0 Å². The van der Waals surface area contributed by atoms with Gasteiger partial charge in [0.1, 0.15) is 0 Å². The Hall–Kier alpha value is -3.13. The Morgan fingerprint density at radius 3 is 0.583 bits per heavy atom. The Morgan fingerprint density at radius 1 is 0.333 bits per heavy atom. The molecule has 6 aromatic rings. The van der Waals surface area contributed by atoms with Crippen LogP contribution in [0.25, 0.3) is 0 Å². The van der Waals surface area contributed by atoms with Crippen molar-refractivity contribution in [2.24, 2.45) is 0 Å². The van der Waals surface area contributed by atoms with E-state index < -0.39 is 34.0 Å². The van der Waals surface area contributed by atoms with E-state index in [2.05, 4.69) is 146 Å². The monoisotopic (exact) mass is 892 g/mol. The van der Waals surface area contributed by atoms with Crippen LogP contribution in [-0.2, 0) is 19.5 Å². The first-order valence-electron chi connectivity index (χ1n) is 14.7. The molecule has 6 rings (SSSR count). The van der Waals surface area contributed by atoms with E-state index in [1.807, 2.05) is 36.4 Å². The summed E-state index contributed by atoms with van der Waals surface area (Å²) in [5.41, 5.74) is 0. The molecule has 0 saturated heterocycles. The Balaban J connectivity index is 0.000000589. The molecule has 0 unspecified atom stereocenters. The number of halogens is 6. The van der Waals surface area contributed by atoms with Gasteiger partial charge in [0.15, 0.2) is 0 Å². The van der Waals surface area contributed by atoms with Gasteiger partial charge in [0.05, 0.1) is 0 Å². The zero-order valence-corrected chi connectivity index (χ0v) is 31.5. The topological polar surface area (TPSA) is 17.1 Å². The zero-order chi connectivity index (χ0) is 33.7. The molecule has 1 nitrogen and oxygen atoms in total. The Morgan fingerprint density at radius 2 is 0.458 bits per heavy atom. The smallest absolute Gasteiger partial charge is 1.00 e. The molecule has 0 atom stereocenters. The Bertz CT molecular complexity index is 1590. The van der Waals surface area contributed by atoms with Crippen molar-refractivity contribution in [3.63, 3.8) is 0 Å².